The van der Waals surface area contributed by atoms with Crippen molar-refractivity contribution in [2.45, 2.75) is 18.6 Å². The first-order chi connectivity index (χ1) is 6.53. The highest BCUT2D eigenvalue weighted by atomic mass is 19.4. The fraction of sp³-hybridized carbons (Fsp3) is 1.00. The van der Waals surface area contributed by atoms with E-state index in [0.29, 0.717) is 13.2 Å². The minimum atomic E-state index is -4.17. The molecule has 84 valence electrons. The Hall–Kier alpha value is -0.330. The highest BCUT2D eigenvalue weighted by Gasteiger charge is 2.31. The number of nitrogens with two attached hydrogens (primary N) is 1. The van der Waals surface area contributed by atoms with Crippen molar-refractivity contribution >= 4 is 0 Å². The molecule has 14 heavy (non-hydrogen) atoms. The first kappa shape index (κ1) is 11.7. The van der Waals surface area contributed by atoms with E-state index in [4.69, 9.17) is 10.5 Å². The van der Waals surface area contributed by atoms with Crippen molar-refractivity contribution in [3.8, 4) is 0 Å². The van der Waals surface area contributed by atoms with Crippen molar-refractivity contribution in [1.82, 2.24) is 5.32 Å². The zero-order chi connectivity index (χ0) is 10.6. The number of hydrogen-bond donors (Lipinski definition) is 2. The average Bonchev–Trinajstić information content (AvgIpc) is 2.56. The Balaban J connectivity index is 2.31. The van der Waals surface area contributed by atoms with E-state index in [1.54, 1.807) is 0 Å². The van der Waals surface area contributed by atoms with Gasteiger partial charge in [-0.15, -0.1) is 0 Å². The molecule has 0 bridgehead atoms. The summed E-state index contributed by atoms with van der Waals surface area (Å²) >= 11 is 0. The summed E-state index contributed by atoms with van der Waals surface area (Å²) in [5, 5.41) is 2.42. The number of halogens is 3. The summed E-state index contributed by atoms with van der Waals surface area (Å²) in [5.41, 5.74) is 5.40. The van der Waals surface area contributed by atoms with E-state index in [9.17, 15) is 13.2 Å². The summed E-state index contributed by atoms with van der Waals surface area (Å²) in [7, 11) is 0. The summed E-state index contributed by atoms with van der Waals surface area (Å²) in [6, 6.07) is -0.292. The third-order valence-corrected chi connectivity index (χ3v) is 2.35. The molecule has 0 radical (unpaired) electrons. The molecule has 1 aliphatic rings. The van der Waals surface area contributed by atoms with Crippen LogP contribution < -0.4 is 11.1 Å². The van der Waals surface area contributed by atoms with Gasteiger partial charge in [-0.2, -0.15) is 13.2 Å². The molecule has 0 aromatic rings. The van der Waals surface area contributed by atoms with Crippen LogP contribution in [0.4, 0.5) is 13.2 Å². The van der Waals surface area contributed by atoms with Crippen LogP contribution in [0.3, 0.4) is 0 Å². The van der Waals surface area contributed by atoms with Crippen molar-refractivity contribution in [2.75, 3.05) is 26.3 Å². The first-order valence-electron chi connectivity index (χ1n) is 4.61. The van der Waals surface area contributed by atoms with Crippen molar-refractivity contribution in [1.29, 1.82) is 0 Å². The van der Waals surface area contributed by atoms with Crippen LogP contribution >= 0.6 is 0 Å². The lowest BCUT2D eigenvalue weighted by molar-refractivity contribution is -0.126. The van der Waals surface area contributed by atoms with Gasteiger partial charge in [0.15, 0.2) is 0 Å². The summed E-state index contributed by atoms with van der Waals surface area (Å²) < 4.78 is 40.8. The van der Waals surface area contributed by atoms with Crippen LogP contribution in [0.2, 0.25) is 0 Å². The van der Waals surface area contributed by atoms with Crippen LogP contribution in [0, 0.1) is 5.92 Å². The van der Waals surface area contributed by atoms with E-state index < -0.39 is 12.7 Å². The smallest absolute Gasteiger partial charge is 0.381 e. The monoisotopic (exact) mass is 212 g/mol. The number of alkyl halides is 3. The van der Waals surface area contributed by atoms with Crippen molar-refractivity contribution in [2.24, 2.45) is 11.7 Å². The largest absolute Gasteiger partial charge is 0.401 e. The Bertz CT molecular complexity index is 168. The molecule has 0 saturated carbocycles. The summed E-state index contributed by atoms with van der Waals surface area (Å²) in [4.78, 5) is 0. The zero-order valence-electron chi connectivity index (χ0n) is 7.81. The Kier molecular flexibility index (Phi) is 4.15. The maximum atomic E-state index is 11.9. The molecule has 2 unspecified atom stereocenters. The van der Waals surface area contributed by atoms with Gasteiger partial charge >= 0.3 is 6.18 Å². The van der Waals surface area contributed by atoms with E-state index in [1.807, 2.05) is 0 Å². The van der Waals surface area contributed by atoms with Crippen molar-refractivity contribution < 1.29 is 17.9 Å². The number of nitrogens with one attached hydrogen (secondary N) is 1. The van der Waals surface area contributed by atoms with Crippen LogP contribution in [0.1, 0.15) is 6.42 Å². The normalized spacial score (nSPS) is 25.3. The maximum Gasteiger partial charge on any atom is 0.401 e. The Morgan fingerprint density at radius 2 is 2.21 bits per heavy atom. The molecule has 0 amide bonds. The number of rotatable bonds is 4. The average molecular weight is 212 g/mol. The van der Waals surface area contributed by atoms with Gasteiger partial charge in [-0.3, -0.25) is 0 Å². The molecular weight excluding hydrogens is 197 g/mol. The van der Waals surface area contributed by atoms with E-state index in [2.05, 4.69) is 5.32 Å². The molecule has 3 nitrogen and oxygen atoms in total. The lowest BCUT2D eigenvalue weighted by Gasteiger charge is -2.22. The predicted octanol–water partition coefficient (Wildman–Crippen LogP) is 0.502. The van der Waals surface area contributed by atoms with Crippen LogP contribution in [-0.4, -0.2) is 38.5 Å². The van der Waals surface area contributed by atoms with E-state index in [0.717, 1.165) is 6.42 Å². The molecular formula is C8H15F3N2O. The van der Waals surface area contributed by atoms with Gasteiger partial charge < -0.3 is 15.8 Å². The first-order valence-corrected chi connectivity index (χ1v) is 4.61. The predicted molar refractivity (Wildman–Crippen MR) is 45.8 cm³/mol. The summed E-state index contributed by atoms with van der Waals surface area (Å²) in [5.74, 6) is 0.113. The van der Waals surface area contributed by atoms with Crippen molar-refractivity contribution in [3.63, 3.8) is 0 Å². The van der Waals surface area contributed by atoms with Crippen LogP contribution in [-0.2, 0) is 4.74 Å². The molecule has 6 heteroatoms. The van der Waals surface area contributed by atoms with Crippen molar-refractivity contribution in [3.05, 3.63) is 0 Å². The van der Waals surface area contributed by atoms with Gasteiger partial charge in [-0.1, -0.05) is 0 Å². The van der Waals surface area contributed by atoms with Crippen LogP contribution in [0.15, 0.2) is 0 Å². The van der Waals surface area contributed by atoms with Gasteiger partial charge in [-0.05, 0) is 6.42 Å². The van der Waals surface area contributed by atoms with E-state index in [-0.39, 0.29) is 18.5 Å². The third kappa shape index (κ3) is 3.81. The third-order valence-electron chi connectivity index (χ3n) is 2.35. The van der Waals surface area contributed by atoms with Crippen LogP contribution in [0.25, 0.3) is 0 Å². The SMILES string of the molecule is NCC(NCC(F)(F)F)C1CCOC1. The Labute approximate surface area is 80.8 Å². The minimum Gasteiger partial charge on any atom is -0.381 e. The molecule has 2 atom stereocenters. The lowest BCUT2D eigenvalue weighted by atomic mass is 9.99. The second-order valence-corrected chi connectivity index (χ2v) is 3.46. The Morgan fingerprint density at radius 3 is 2.64 bits per heavy atom. The molecule has 1 aliphatic heterocycles. The highest BCUT2D eigenvalue weighted by Crippen LogP contribution is 2.18. The lowest BCUT2D eigenvalue weighted by Crippen LogP contribution is -2.46. The zero-order valence-corrected chi connectivity index (χ0v) is 7.81. The topological polar surface area (TPSA) is 47.3 Å². The van der Waals surface area contributed by atoms with Gasteiger partial charge in [-0.25, -0.2) is 0 Å². The van der Waals surface area contributed by atoms with Gasteiger partial charge in [0, 0.05) is 25.1 Å². The summed E-state index contributed by atoms with van der Waals surface area (Å²) in [6.07, 6.45) is -3.39. The molecule has 1 rings (SSSR count). The molecule has 1 fully saturated rings. The summed E-state index contributed by atoms with van der Waals surface area (Å²) in [6.45, 7) is 0.358. The molecule has 1 heterocycles. The van der Waals surface area contributed by atoms with Gasteiger partial charge in [0.1, 0.15) is 0 Å². The molecule has 1 saturated heterocycles. The fourth-order valence-corrected chi connectivity index (χ4v) is 1.56. The van der Waals surface area contributed by atoms with Gasteiger partial charge in [0.05, 0.1) is 13.2 Å². The maximum absolute atomic E-state index is 11.9. The number of ether oxygens (including phenoxy) is 1. The van der Waals surface area contributed by atoms with Gasteiger partial charge in [0.25, 0.3) is 0 Å². The minimum absolute atomic E-state index is 0.113. The molecule has 3 N–H and O–H groups in total. The highest BCUT2D eigenvalue weighted by molar-refractivity contribution is 4.80. The second kappa shape index (κ2) is 4.95. The molecule has 0 spiro atoms. The molecule has 0 aromatic carbocycles. The van der Waals surface area contributed by atoms with Gasteiger partial charge in [0.2, 0.25) is 0 Å². The second-order valence-electron chi connectivity index (χ2n) is 3.46. The number of hydrogen-bond acceptors (Lipinski definition) is 3. The van der Waals surface area contributed by atoms with Crippen LogP contribution in [0.5, 0.6) is 0 Å². The Morgan fingerprint density at radius 1 is 1.50 bits per heavy atom. The standard InChI is InChI=1S/C8H15F3N2O/c9-8(10,11)5-13-7(3-12)6-1-2-14-4-6/h6-7,13H,1-5,12H2. The molecule has 0 aromatic heterocycles. The fourth-order valence-electron chi connectivity index (χ4n) is 1.56. The van der Waals surface area contributed by atoms with E-state index in [1.165, 1.54) is 0 Å². The van der Waals surface area contributed by atoms with E-state index >= 15 is 0 Å². The molecule has 0 aliphatic carbocycles. The quantitative estimate of drug-likeness (QED) is 0.713.